The van der Waals surface area contributed by atoms with Gasteiger partial charge in [-0.05, 0) is 24.6 Å². The van der Waals surface area contributed by atoms with Gasteiger partial charge in [0.1, 0.15) is 0 Å². The van der Waals surface area contributed by atoms with Crippen molar-refractivity contribution in [3.05, 3.63) is 33.8 Å². The number of nitrogens with one attached hydrogen (secondary N) is 1. The van der Waals surface area contributed by atoms with Crippen LogP contribution in [0.4, 0.5) is 0 Å². The maximum atomic E-state index is 6.12. The molecule has 1 aliphatic rings. The number of hydrogen-bond donors (Lipinski definition) is 1. The fourth-order valence-electron chi connectivity index (χ4n) is 1.79. The molecule has 1 heterocycles. The fourth-order valence-corrected chi connectivity index (χ4v) is 2.28. The molecule has 1 fully saturated rings. The first-order chi connectivity index (χ1) is 7.65. The molecule has 0 spiro atoms. The Morgan fingerprint density at radius 1 is 1.44 bits per heavy atom. The molecule has 0 bridgehead atoms. The molecule has 2 unspecified atom stereocenters. The van der Waals surface area contributed by atoms with Gasteiger partial charge in [-0.3, -0.25) is 0 Å². The van der Waals surface area contributed by atoms with Crippen molar-refractivity contribution >= 4 is 23.2 Å². The van der Waals surface area contributed by atoms with E-state index in [9.17, 15) is 0 Å². The van der Waals surface area contributed by atoms with Gasteiger partial charge in [0.25, 0.3) is 0 Å². The van der Waals surface area contributed by atoms with E-state index in [-0.39, 0.29) is 6.10 Å². The highest BCUT2D eigenvalue weighted by molar-refractivity contribution is 6.35. The molecule has 0 radical (unpaired) electrons. The third-order valence-electron chi connectivity index (χ3n) is 2.74. The van der Waals surface area contributed by atoms with Gasteiger partial charge >= 0.3 is 0 Å². The van der Waals surface area contributed by atoms with E-state index in [2.05, 4.69) is 12.2 Å². The Hall–Kier alpha value is -0.280. The van der Waals surface area contributed by atoms with Gasteiger partial charge in [0.2, 0.25) is 0 Å². The Bertz CT molecular complexity index is 362. The van der Waals surface area contributed by atoms with Crippen LogP contribution in [0.2, 0.25) is 10.0 Å². The second-order valence-corrected chi connectivity index (χ2v) is 5.05. The van der Waals surface area contributed by atoms with Crippen molar-refractivity contribution in [2.24, 2.45) is 0 Å². The van der Waals surface area contributed by atoms with Crippen LogP contribution in [0.1, 0.15) is 12.5 Å². The average Bonchev–Trinajstić information content (AvgIpc) is 2.25. The highest BCUT2D eigenvalue weighted by Crippen LogP contribution is 2.23. The van der Waals surface area contributed by atoms with Crippen molar-refractivity contribution in [1.29, 1.82) is 0 Å². The van der Waals surface area contributed by atoms with Crippen LogP contribution in [-0.4, -0.2) is 25.3 Å². The largest absolute Gasteiger partial charge is 0.375 e. The third-order valence-corrected chi connectivity index (χ3v) is 3.33. The lowest BCUT2D eigenvalue weighted by Gasteiger charge is -2.28. The van der Waals surface area contributed by atoms with Crippen LogP contribution in [0.3, 0.4) is 0 Å². The van der Waals surface area contributed by atoms with Gasteiger partial charge in [0, 0.05) is 29.1 Å². The first-order valence-electron chi connectivity index (χ1n) is 5.44. The first kappa shape index (κ1) is 12.2. The Kier molecular flexibility index (Phi) is 4.09. The van der Waals surface area contributed by atoms with E-state index in [0.29, 0.717) is 11.1 Å². The van der Waals surface area contributed by atoms with Crippen molar-refractivity contribution in [3.8, 4) is 0 Å². The van der Waals surface area contributed by atoms with E-state index < -0.39 is 0 Å². The van der Waals surface area contributed by atoms with Crippen LogP contribution in [0.15, 0.2) is 18.2 Å². The smallest absolute Gasteiger partial charge is 0.0741 e. The standard InChI is InChI=1S/C12H15Cl2NO/c1-8-7-16-11(6-15-8)4-9-2-3-10(13)5-12(9)14/h2-3,5,8,11,15H,4,6-7H2,1H3. The summed E-state index contributed by atoms with van der Waals surface area (Å²) in [5, 5.41) is 4.78. The van der Waals surface area contributed by atoms with Crippen molar-refractivity contribution in [1.82, 2.24) is 5.32 Å². The molecule has 88 valence electrons. The highest BCUT2D eigenvalue weighted by atomic mass is 35.5. The molecule has 0 saturated carbocycles. The molecular weight excluding hydrogens is 245 g/mol. The number of morpholine rings is 1. The lowest BCUT2D eigenvalue weighted by atomic mass is 10.1. The Morgan fingerprint density at radius 3 is 2.88 bits per heavy atom. The monoisotopic (exact) mass is 259 g/mol. The van der Waals surface area contributed by atoms with E-state index in [0.717, 1.165) is 30.2 Å². The molecule has 2 rings (SSSR count). The van der Waals surface area contributed by atoms with Crippen LogP contribution in [0.25, 0.3) is 0 Å². The molecule has 2 atom stereocenters. The van der Waals surface area contributed by atoms with Gasteiger partial charge in [0.05, 0.1) is 12.7 Å². The van der Waals surface area contributed by atoms with Gasteiger partial charge in [0.15, 0.2) is 0 Å². The molecule has 16 heavy (non-hydrogen) atoms. The minimum Gasteiger partial charge on any atom is -0.375 e. The molecular formula is C12H15Cl2NO. The Labute approximate surface area is 106 Å². The van der Waals surface area contributed by atoms with Crippen LogP contribution in [0, 0.1) is 0 Å². The summed E-state index contributed by atoms with van der Waals surface area (Å²) in [7, 11) is 0. The van der Waals surface area contributed by atoms with Gasteiger partial charge in [-0.25, -0.2) is 0 Å². The van der Waals surface area contributed by atoms with E-state index >= 15 is 0 Å². The van der Waals surface area contributed by atoms with E-state index in [1.807, 2.05) is 12.1 Å². The summed E-state index contributed by atoms with van der Waals surface area (Å²) in [5.74, 6) is 0. The van der Waals surface area contributed by atoms with Crippen LogP contribution in [0.5, 0.6) is 0 Å². The molecule has 4 heteroatoms. The van der Waals surface area contributed by atoms with E-state index in [4.69, 9.17) is 27.9 Å². The number of hydrogen-bond acceptors (Lipinski definition) is 2. The Morgan fingerprint density at radius 2 is 2.25 bits per heavy atom. The van der Waals surface area contributed by atoms with Crippen LogP contribution >= 0.6 is 23.2 Å². The lowest BCUT2D eigenvalue weighted by molar-refractivity contribution is 0.00883. The molecule has 2 nitrogen and oxygen atoms in total. The summed E-state index contributed by atoms with van der Waals surface area (Å²) in [6, 6.07) is 6.04. The van der Waals surface area contributed by atoms with Crippen LogP contribution < -0.4 is 5.32 Å². The normalized spacial score (nSPS) is 25.7. The molecule has 0 amide bonds. The molecule has 1 aliphatic heterocycles. The van der Waals surface area contributed by atoms with Crippen LogP contribution in [-0.2, 0) is 11.2 Å². The SMILES string of the molecule is CC1COC(Cc2ccc(Cl)cc2Cl)CN1. The summed E-state index contributed by atoms with van der Waals surface area (Å²) in [4.78, 5) is 0. The van der Waals surface area contributed by atoms with Crippen molar-refractivity contribution in [2.75, 3.05) is 13.2 Å². The summed E-state index contributed by atoms with van der Waals surface area (Å²) in [6.45, 7) is 3.75. The maximum Gasteiger partial charge on any atom is 0.0741 e. The van der Waals surface area contributed by atoms with Gasteiger partial charge in [-0.15, -0.1) is 0 Å². The second kappa shape index (κ2) is 5.37. The minimum atomic E-state index is 0.204. The fraction of sp³-hybridized carbons (Fsp3) is 0.500. The van der Waals surface area contributed by atoms with Crippen molar-refractivity contribution < 1.29 is 4.74 Å². The molecule has 0 aliphatic carbocycles. The van der Waals surface area contributed by atoms with Gasteiger partial charge in [-0.1, -0.05) is 29.3 Å². The quantitative estimate of drug-likeness (QED) is 0.882. The number of ether oxygens (including phenoxy) is 1. The number of rotatable bonds is 2. The molecule has 1 aromatic carbocycles. The summed E-state index contributed by atoms with van der Waals surface area (Å²) < 4.78 is 5.73. The number of benzene rings is 1. The zero-order chi connectivity index (χ0) is 11.5. The predicted octanol–water partition coefficient (Wildman–Crippen LogP) is 2.91. The second-order valence-electron chi connectivity index (χ2n) is 4.20. The summed E-state index contributed by atoms with van der Waals surface area (Å²) in [6.07, 6.45) is 1.03. The third kappa shape index (κ3) is 3.11. The minimum absolute atomic E-state index is 0.204. The highest BCUT2D eigenvalue weighted by Gasteiger charge is 2.19. The molecule has 0 aromatic heterocycles. The number of halogens is 2. The van der Waals surface area contributed by atoms with Crippen molar-refractivity contribution in [3.63, 3.8) is 0 Å². The zero-order valence-corrected chi connectivity index (χ0v) is 10.7. The topological polar surface area (TPSA) is 21.3 Å². The van der Waals surface area contributed by atoms with E-state index in [1.165, 1.54) is 0 Å². The van der Waals surface area contributed by atoms with Gasteiger partial charge in [-0.2, -0.15) is 0 Å². The average molecular weight is 260 g/mol. The van der Waals surface area contributed by atoms with Gasteiger partial charge < -0.3 is 10.1 Å². The first-order valence-corrected chi connectivity index (χ1v) is 6.19. The van der Waals surface area contributed by atoms with E-state index in [1.54, 1.807) is 6.07 Å². The summed E-state index contributed by atoms with van der Waals surface area (Å²) in [5.41, 5.74) is 1.09. The maximum absolute atomic E-state index is 6.12. The lowest BCUT2D eigenvalue weighted by Crippen LogP contribution is -2.45. The molecule has 1 N–H and O–H groups in total. The summed E-state index contributed by atoms with van der Waals surface area (Å²) >= 11 is 12.0. The molecule has 1 saturated heterocycles. The predicted molar refractivity (Wildman–Crippen MR) is 67.4 cm³/mol. The Balaban J connectivity index is 1.98. The van der Waals surface area contributed by atoms with Crippen molar-refractivity contribution in [2.45, 2.75) is 25.5 Å². The zero-order valence-electron chi connectivity index (χ0n) is 9.17. The molecule has 1 aromatic rings.